The van der Waals surface area contributed by atoms with E-state index in [9.17, 15) is 4.79 Å². The monoisotopic (exact) mass is 253 g/mol. The Labute approximate surface area is 106 Å². The standard InChI is InChI=1S/C13H19NO4/c1-13(4-7-17-8-5-13)14-9-10-3-6-18-11(10)12(15)16-2/h3,6,14H,4-5,7-9H2,1-2H3. The quantitative estimate of drug-likeness (QED) is 0.828. The smallest absolute Gasteiger partial charge is 0.374 e. The van der Waals surface area contributed by atoms with E-state index in [4.69, 9.17) is 9.15 Å². The van der Waals surface area contributed by atoms with Gasteiger partial charge in [0, 0.05) is 30.9 Å². The third-order valence-corrected chi connectivity index (χ3v) is 3.42. The molecule has 0 bridgehead atoms. The second kappa shape index (κ2) is 5.54. The largest absolute Gasteiger partial charge is 0.463 e. The highest BCUT2D eigenvalue weighted by atomic mass is 16.5. The molecule has 1 aliphatic heterocycles. The Balaban J connectivity index is 1.97. The summed E-state index contributed by atoms with van der Waals surface area (Å²) in [7, 11) is 1.35. The van der Waals surface area contributed by atoms with Crippen LogP contribution in [0.3, 0.4) is 0 Å². The molecule has 100 valence electrons. The molecule has 2 rings (SSSR count). The lowest BCUT2D eigenvalue weighted by Gasteiger charge is -2.34. The molecule has 0 aromatic carbocycles. The van der Waals surface area contributed by atoms with Crippen LogP contribution in [0.15, 0.2) is 16.7 Å². The molecule has 0 saturated carbocycles. The average molecular weight is 253 g/mol. The van der Waals surface area contributed by atoms with Crippen LogP contribution in [0.1, 0.15) is 35.9 Å². The molecule has 1 saturated heterocycles. The van der Waals surface area contributed by atoms with Gasteiger partial charge in [-0.3, -0.25) is 0 Å². The lowest BCUT2D eigenvalue weighted by atomic mass is 9.92. The van der Waals surface area contributed by atoms with Crippen LogP contribution < -0.4 is 5.32 Å². The van der Waals surface area contributed by atoms with E-state index in [-0.39, 0.29) is 11.3 Å². The predicted molar refractivity (Wildman–Crippen MR) is 65.3 cm³/mol. The van der Waals surface area contributed by atoms with E-state index in [1.54, 1.807) is 6.07 Å². The van der Waals surface area contributed by atoms with E-state index in [2.05, 4.69) is 17.0 Å². The van der Waals surface area contributed by atoms with Gasteiger partial charge >= 0.3 is 5.97 Å². The second-order valence-electron chi connectivity index (χ2n) is 4.79. The molecular formula is C13H19NO4. The number of esters is 1. The van der Waals surface area contributed by atoms with E-state index >= 15 is 0 Å². The fourth-order valence-electron chi connectivity index (χ4n) is 2.05. The number of nitrogens with one attached hydrogen (secondary N) is 1. The minimum atomic E-state index is -0.436. The van der Waals surface area contributed by atoms with Gasteiger partial charge in [0.25, 0.3) is 0 Å². The van der Waals surface area contributed by atoms with Crippen LogP contribution in [0.5, 0.6) is 0 Å². The zero-order valence-electron chi connectivity index (χ0n) is 10.8. The zero-order valence-corrected chi connectivity index (χ0v) is 10.8. The number of carbonyl (C=O) groups is 1. The van der Waals surface area contributed by atoms with Crippen LogP contribution in [0.25, 0.3) is 0 Å². The van der Waals surface area contributed by atoms with Crippen LogP contribution in [0.2, 0.25) is 0 Å². The molecule has 0 atom stereocenters. The zero-order chi connectivity index (χ0) is 13.0. The van der Waals surface area contributed by atoms with Crippen molar-refractivity contribution in [3.05, 3.63) is 23.7 Å². The number of furan rings is 1. The highest BCUT2D eigenvalue weighted by Gasteiger charge is 2.27. The molecule has 1 fully saturated rings. The van der Waals surface area contributed by atoms with Crippen LogP contribution in [0.4, 0.5) is 0 Å². The summed E-state index contributed by atoms with van der Waals surface area (Å²) >= 11 is 0. The summed E-state index contributed by atoms with van der Waals surface area (Å²) in [6.07, 6.45) is 3.45. The SMILES string of the molecule is COC(=O)c1occc1CNC1(C)CCOCC1. The fourth-order valence-corrected chi connectivity index (χ4v) is 2.05. The van der Waals surface area contributed by atoms with E-state index in [1.165, 1.54) is 13.4 Å². The number of methoxy groups -OCH3 is 1. The van der Waals surface area contributed by atoms with E-state index in [1.807, 2.05) is 0 Å². The Kier molecular flexibility index (Phi) is 4.04. The minimum absolute atomic E-state index is 0.0584. The molecule has 0 spiro atoms. The third-order valence-electron chi connectivity index (χ3n) is 3.42. The van der Waals surface area contributed by atoms with Gasteiger partial charge in [0.15, 0.2) is 0 Å². The lowest BCUT2D eigenvalue weighted by molar-refractivity contribution is 0.0442. The first-order chi connectivity index (χ1) is 8.64. The number of ether oxygens (including phenoxy) is 2. The first-order valence-electron chi connectivity index (χ1n) is 6.12. The predicted octanol–water partition coefficient (Wildman–Crippen LogP) is 1.72. The normalized spacial score (nSPS) is 18.6. The van der Waals surface area contributed by atoms with Crippen LogP contribution in [0, 0.1) is 0 Å². The molecule has 1 aromatic heterocycles. The molecule has 1 aromatic rings. The molecule has 0 amide bonds. The van der Waals surface area contributed by atoms with Crippen molar-refractivity contribution in [2.24, 2.45) is 0 Å². The molecule has 1 aliphatic rings. The average Bonchev–Trinajstić information content (AvgIpc) is 2.85. The van der Waals surface area contributed by atoms with Crippen LogP contribution in [-0.2, 0) is 16.0 Å². The van der Waals surface area contributed by atoms with Crippen molar-refractivity contribution in [3.8, 4) is 0 Å². The lowest BCUT2D eigenvalue weighted by Crippen LogP contribution is -2.46. The van der Waals surface area contributed by atoms with Gasteiger partial charge in [-0.15, -0.1) is 0 Å². The van der Waals surface area contributed by atoms with Gasteiger partial charge in [-0.2, -0.15) is 0 Å². The van der Waals surface area contributed by atoms with Gasteiger partial charge in [0.2, 0.25) is 5.76 Å². The summed E-state index contributed by atoms with van der Waals surface area (Å²) in [5.41, 5.74) is 0.887. The summed E-state index contributed by atoms with van der Waals surface area (Å²) in [6, 6.07) is 1.79. The second-order valence-corrected chi connectivity index (χ2v) is 4.79. The maximum Gasteiger partial charge on any atom is 0.374 e. The van der Waals surface area contributed by atoms with Crippen molar-refractivity contribution in [1.29, 1.82) is 0 Å². The molecule has 5 heteroatoms. The van der Waals surface area contributed by atoms with Crippen LogP contribution in [-0.4, -0.2) is 31.8 Å². The van der Waals surface area contributed by atoms with Crippen molar-refractivity contribution < 1.29 is 18.7 Å². The number of rotatable bonds is 4. The summed E-state index contributed by atoms with van der Waals surface area (Å²) in [5, 5.41) is 3.47. The maximum atomic E-state index is 11.5. The van der Waals surface area contributed by atoms with Crippen LogP contribution >= 0.6 is 0 Å². The highest BCUT2D eigenvalue weighted by Crippen LogP contribution is 2.21. The summed E-state index contributed by atoms with van der Waals surface area (Å²) < 4.78 is 15.2. The maximum absolute atomic E-state index is 11.5. The number of hydrogen-bond donors (Lipinski definition) is 1. The van der Waals surface area contributed by atoms with Gasteiger partial charge in [0.1, 0.15) is 0 Å². The van der Waals surface area contributed by atoms with E-state index in [0.717, 1.165) is 31.6 Å². The highest BCUT2D eigenvalue weighted by molar-refractivity contribution is 5.87. The first kappa shape index (κ1) is 13.1. The Morgan fingerprint density at radius 2 is 2.22 bits per heavy atom. The summed E-state index contributed by atoms with van der Waals surface area (Å²) in [5.74, 6) is -0.158. The summed E-state index contributed by atoms with van der Waals surface area (Å²) in [6.45, 7) is 4.32. The van der Waals surface area contributed by atoms with Crippen molar-refractivity contribution in [2.75, 3.05) is 20.3 Å². The molecule has 1 N–H and O–H groups in total. The van der Waals surface area contributed by atoms with Gasteiger partial charge in [-0.05, 0) is 25.8 Å². The first-order valence-corrected chi connectivity index (χ1v) is 6.12. The van der Waals surface area contributed by atoms with E-state index in [0.29, 0.717) is 6.54 Å². The molecular weight excluding hydrogens is 234 g/mol. The number of carbonyl (C=O) groups excluding carboxylic acids is 1. The van der Waals surface area contributed by atoms with Crippen molar-refractivity contribution >= 4 is 5.97 Å². The van der Waals surface area contributed by atoms with Gasteiger partial charge in [0.05, 0.1) is 13.4 Å². The van der Waals surface area contributed by atoms with Crippen molar-refractivity contribution in [3.63, 3.8) is 0 Å². The molecule has 0 aliphatic carbocycles. The van der Waals surface area contributed by atoms with Gasteiger partial charge in [-0.1, -0.05) is 0 Å². The molecule has 18 heavy (non-hydrogen) atoms. The molecule has 0 radical (unpaired) electrons. The Bertz CT molecular complexity index is 407. The topological polar surface area (TPSA) is 60.7 Å². The fraction of sp³-hybridized carbons (Fsp3) is 0.615. The number of hydrogen-bond acceptors (Lipinski definition) is 5. The third kappa shape index (κ3) is 2.91. The Morgan fingerprint density at radius 1 is 1.50 bits per heavy atom. The van der Waals surface area contributed by atoms with Crippen molar-refractivity contribution in [2.45, 2.75) is 31.8 Å². The molecule has 2 heterocycles. The Morgan fingerprint density at radius 3 is 2.89 bits per heavy atom. The van der Waals surface area contributed by atoms with Gasteiger partial charge in [-0.25, -0.2) is 4.79 Å². The molecule has 0 unspecified atom stereocenters. The van der Waals surface area contributed by atoms with Gasteiger partial charge < -0.3 is 19.2 Å². The van der Waals surface area contributed by atoms with Crippen molar-refractivity contribution in [1.82, 2.24) is 5.32 Å². The molecule has 5 nitrogen and oxygen atoms in total. The minimum Gasteiger partial charge on any atom is -0.463 e. The van der Waals surface area contributed by atoms with E-state index < -0.39 is 5.97 Å². The summed E-state index contributed by atoms with van der Waals surface area (Å²) in [4.78, 5) is 11.5. The Hall–Kier alpha value is -1.33.